The number of rotatable bonds is 9. The van der Waals surface area contributed by atoms with Crippen molar-refractivity contribution >= 4 is 0 Å². The van der Waals surface area contributed by atoms with Crippen molar-refractivity contribution < 1.29 is 9.47 Å². The van der Waals surface area contributed by atoms with Crippen molar-refractivity contribution in [3.05, 3.63) is 0 Å². The van der Waals surface area contributed by atoms with Gasteiger partial charge in [0.25, 0.3) is 0 Å². The highest BCUT2D eigenvalue weighted by Crippen LogP contribution is 2.17. The van der Waals surface area contributed by atoms with E-state index in [1.807, 2.05) is 0 Å². The first-order valence-electron chi connectivity index (χ1n) is 7.29. The Hall–Kier alpha value is -0.120. The number of unbranched alkanes of at least 4 members (excludes halogenated alkanes) is 1. The van der Waals surface area contributed by atoms with Gasteiger partial charge in [0.2, 0.25) is 0 Å². The minimum atomic E-state index is 0.479. The number of hydrogen-bond donors (Lipinski definition) is 1. The fourth-order valence-corrected chi connectivity index (χ4v) is 2.27. The molecule has 1 aliphatic heterocycles. The maximum absolute atomic E-state index is 5.74. The van der Waals surface area contributed by atoms with Crippen LogP contribution in [0.4, 0.5) is 0 Å². The van der Waals surface area contributed by atoms with Gasteiger partial charge in [0.15, 0.2) is 0 Å². The van der Waals surface area contributed by atoms with E-state index in [0.29, 0.717) is 12.1 Å². The molecule has 1 fully saturated rings. The lowest BCUT2D eigenvalue weighted by molar-refractivity contribution is -0.00440. The molecular formula is C14H29NO2. The van der Waals surface area contributed by atoms with E-state index in [1.54, 1.807) is 0 Å². The predicted octanol–water partition coefficient (Wildman–Crippen LogP) is 2.74. The van der Waals surface area contributed by atoms with E-state index in [4.69, 9.17) is 9.47 Å². The fourth-order valence-electron chi connectivity index (χ4n) is 2.27. The van der Waals surface area contributed by atoms with Gasteiger partial charge in [-0.1, -0.05) is 26.7 Å². The molecule has 0 aromatic rings. The Morgan fingerprint density at radius 2 is 2.12 bits per heavy atom. The van der Waals surface area contributed by atoms with E-state index < -0.39 is 0 Å². The van der Waals surface area contributed by atoms with Crippen molar-refractivity contribution in [1.82, 2.24) is 5.32 Å². The summed E-state index contributed by atoms with van der Waals surface area (Å²) in [5.41, 5.74) is 0. The van der Waals surface area contributed by atoms with Gasteiger partial charge in [0.1, 0.15) is 0 Å². The molecule has 0 radical (unpaired) electrons. The molecular weight excluding hydrogens is 214 g/mol. The lowest BCUT2D eigenvalue weighted by Gasteiger charge is -2.30. The van der Waals surface area contributed by atoms with Gasteiger partial charge in [-0.2, -0.15) is 0 Å². The summed E-state index contributed by atoms with van der Waals surface area (Å²) in [5, 5.41) is 3.58. The van der Waals surface area contributed by atoms with E-state index in [9.17, 15) is 0 Å². The summed E-state index contributed by atoms with van der Waals surface area (Å²) in [6, 6.07) is 0.634. The van der Waals surface area contributed by atoms with Gasteiger partial charge >= 0.3 is 0 Å². The Labute approximate surface area is 106 Å². The van der Waals surface area contributed by atoms with E-state index >= 15 is 0 Å². The summed E-state index contributed by atoms with van der Waals surface area (Å²) in [6.07, 6.45) is 7.61. The molecule has 0 saturated carbocycles. The highest BCUT2D eigenvalue weighted by Gasteiger charge is 2.20. The van der Waals surface area contributed by atoms with Crippen LogP contribution in [0.5, 0.6) is 0 Å². The number of nitrogens with one attached hydrogen (secondary N) is 1. The van der Waals surface area contributed by atoms with Crippen molar-refractivity contribution in [2.45, 2.75) is 64.5 Å². The van der Waals surface area contributed by atoms with Crippen molar-refractivity contribution in [2.75, 3.05) is 26.4 Å². The average Bonchev–Trinajstić information content (AvgIpc) is 2.35. The zero-order chi connectivity index (χ0) is 12.3. The summed E-state index contributed by atoms with van der Waals surface area (Å²) >= 11 is 0. The molecule has 0 amide bonds. The molecule has 3 heteroatoms. The maximum Gasteiger partial charge on any atom is 0.0591 e. The zero-order valence-corrected chi connectivity index (χ0v) is 11.5. The molecule has 17 heavy (non-hydrogen) atoms. The van der Waals surface area contributed by atoms with Crippen molar-refractivity contribution in [3.63, 3.8) is 0 Å². The van der Waals surface area contributed by atoms with Crippen LogP contribution in [0.25, 0.3) is 0 Å². The molecule has 1 aliphatic rings. The number of hydrogen-bond acceptors (Lipinski definition) is 3. The zero-order valence-electron chi connectivity index (χ0n) is 11.5. The average molecular weight is 243 g/mol. The van der Waals surface area contributed by atoms with Crippen LogP contribution in [-0.2, 0) is 9.47 Å². The first-order valence-corrected chi connectivity index (χ1v) is 7.29. The molecule has 0 aromatic heterocycles. The van der Waals surface area contributed by atoms with Crippen molar-refractivity contribution in [1.29, 1.82) is 0 Å². The molecule has 1 rings (SSSR count). The number of ether oxygens (including phenoxy) is 2. The second-order valence-corrected chi connectivity index (χ2v) is 4.92. The van der Waals surface area contributed by atoms with Crippen LogP contribution in [0.3, 0.4) is 0 Å². The predicted molar refractivity (Wildman–Crippen MR) is 71.4 cm³/mol. The summed E-state index contributed by atoms with van der Waals surface area (Å²) < 4.78 is 11.3. The van der Waals surface area contributed by atoms with E-state index in [-0.39, 0.29) is 0 Å². The van der Waals surface area contributed by atoms with E-state index in [1.165, 1.54) is 32.1 Å². The van der Waals surface area contributed by atoms with Gasteiger partial charge in [0.05, 0.1) is 12.7 Å². The summed E-state index contributed by atoms with van der Waals surface area (Å²) in [7, 11) is 0. The van der Waals surface area contributed by atoms with Crippen LogP contribution in [-0.4, -0.2) is 38.5 Å². The maximum atomic E-state index is 5.74. The van der Waals surface area contributed by atoms with Crippen molar-refractivity contribution in [3.8, 4) is 0 Å². The molecule has 0 spiro atoms. The molecule has 2 unspecified atom stereocenters. The van der Waals surface area contributed by atoms with Gasteiger partial charge in [0, 0.05) is 25.8 Å². The highest BCUT2D eigenvalue weighted by atomic mass is 16.5. The summed E-state index contributed by atoms with van der Waals surface area (Å²) in [4.78, 5) is 0. The summed E-state index contributed by atoms with van der Waals surface area (Å²) in [6.45, 7) is 8.06. The molecule has 0 aromatic carbocycles. The van der Waals surface area contributed by atoms with Gasteiger partial charge in [-0.25, -0.2) is 0 Å². The molecule has 3 nitrogen and oxygen atoms in total. The van der Waals surface area contributed by atoms with Crippen LogP contribution in [0.2, 0.25) is 0 Å². The van der Waals surface area contributed by atoms with Gasteiger partial charge in [-0.05, 0) is 25.7 Å². The normalized spacial score (nSPS) is 25.1. The molecule has 0 bridgehead atoms. The molecule has 2 atom stereocenters. The van der Waals surface area contributed by atoms with Gasteiger partial charge < -0.3 is 14.8 Å². The minimum absolute atomic E-state index is 0.479. The van der Waals surface area contributed by atoms with Crippen LogP contribution >= 0.6 is 0 Å². The highest BCUT2D eigenvalue weighted by molar-refractivity contribution is 4.76. The molecule has 1 heterocycles. The molecule has 102 valence electrons. The quantitative estimate of drug-likeness (QED) is 0.632. The van der Waals surface area contributed by atoms with Crippen LogP contribution in [0, 0.1) is 0 Å². The smallest absolute Gasteiger partial charge is 0.0591 e. The molecule has 1 N–H and O–H groups in total. The first-order chi connectivity index (χ1) is 8.36. The topological polar surface area (TPSA) is 30.5 Å². The fraction of sp³-hybridized carbons (Fsp3) is 1.00. The largest absolute Gasteiger partial charge is 0.380 e. The monoisotopic (exact) mass is 243 g/mol. The standard InChI is InChI=1S/C14H29NO2/c1-3-5-9-16-11-8-15-13-7-10-17-14(12-13)6-4-2/h13-15H,3-12H2,1-2H3. The third-order valence-electron chi connectivity index (χ3n) is 3.30. The van der Waals surface area contributed by atoms with Gasteiger partial charge in [-0.15, -0.1) is 0 Å². The Kier molecular flexibility index (Phi) is 8.67. The SMILES string of the molecule is CCCCOCCNC1CCOC(CCC)C1. The third-order valence-corrected chi connectivity index (χ3v) is 3.30. The summed E-state index contributed by atoms with van der Waals surface area (Å²) in [5.74, 6) is 0. The lowest BCUT2D eigenvalue weighted by atomic mass is 10.0. The second kappa shape index (κ2) is 9.86. The van der Waals surface area contributed by atoms with Crippen LogP contribution in [0.1, 0.15) is 52.4 Å². The Bertz CT molecular complexity index is 174. The molecule has 0 aliphatic carbocycles. The third kappa shape index (κ3) is 7.02. The lowest BCUT2D eigenvalue weighted by Crippen LogP contribution is -2.40. The second-order valence-electron chi connectivity index (χ2n) is 4.92. The van der Waals surface area contributed by atoms with E-state index in [0.717, 1.165) is 32.8 Å². The van der Waals surface area contributed by atoms with Crippen LogP contribution in [0.15, 0.2) is 0 Å². The Morgan fingerprint density at radius 3 is 2.88 bits per heavy atom. The Morgan fingerprint density at radius 1 is 1.24 bits per heavy atom. The Balaban J connectivity index is 1.98. The van der Waals surface area contributed by atoms with Crippen LogP contribution < -0.4 is 5.32 Å². The van der Waals surface area contributed by atoms with E-state index in [2.05, 4.69) is 19.2 Å². The van der Waals surface area contributed by atoms with Gasteiger partial charge in [-0.3, -0.25) is 0 Å². The van der Waals surface area contributed by atoms with Crippen molar-refractivity contribution in [2.24, 2.45) is 0 Å². The first kappa shape index (κ1) is 14.9. The minimum Gasteiger partial charge on any atom is -0.380 e. The molecule has 1 saturated heterocycles.